The van der Waals surface area contributed by atoms with Crippen molar-refractivity contribution < 1.29 is 14.7 Å². The molecule has 0 bridgehead atoms. The van der Waals surface area contributed by atoms with Gasteiger partial charge in [-0.1, -0.05) is 35.3 Å². The summed E-state index contributed by atoms with van der Waals surface area (Å²) in [5.41, 5.74) is 0.914. The number of amides is 1. The molecule has 138 valence electrons. The summed E-state index contributed by atoms with van der Waals surface area (Å²) in [6.07, 6.45) is 6.52. The van der Waals surface area contributed by atoms with Crippen molar-refractivity contribution in [1.29, 1.82) is 0 Å². The first-order valence-corrected chi connectivity index (χ1v) is 9.16. The Morgan fingerprint density at radius 1 is 1.22 bits per heavy atom. The van der Waals surface area contributed by atoms with Gasteiger partial charge in [0, 0.05) is 30.5 Å². The second-order valence-corrected chi connectivity index (χ2v) is 7.39. The van der Waals surface area contributed by atoms with Gasteiger partial charge in [0.05, 0.1) is 26.8 Å². The minimum absolute atomic E-state index is 0.0767. The fourth-order valence-electron chi connectivity index (χ4n) is 3.07. The fraction of sp³-hybridized carbons (Fsp3) is 0.211. The van der Waals surface area contributed by atoms with Gasteiger partial charge in [0.1, 0.15) is 5.75 Å². The zero-order chi connectivity index (χ0) is 19.1. The maximum Gasteiger partial charge on any atom is 0.296 e. The summed E-state index contributed by atoms with van der Waals surface area (Å²) in [4.78, 5) is 29.1. The molecule has 0 saturated heterocycles. The predicted molar refractivity (Wildman–Crippen MR) is 104 cm³/mol. The third-order valence-electron chi connectivity index (χ3n) is 4.57. The van der Waals surface area contributed by atoms with E-state index in [1.807, 2.05) is 4.57 Å². The Bertz CT molecular complexity index is 1050. The Kier molecular flexibility index (Phi) is 4.53. The van der Waals surface area contributed by atoms with Crippen LogP contribution in [0.1, 0.15) is 23.2 Å². The van der Waals surface area contributed by atoms with E-state index in [1.165, 1.54) is 12.4 Å². The van der Waals surface area contributed by atoms with Crippen LogP contribution in [0.2, 0.25) is 10.0 Å². The highest BCUT2D eigenvalue weighted by Crippen LogP contribution is 2.36. The molecule has 27 heavy (non-hydrogen) atoms. The number of hydrogen-bond acceptors (Lipinski definition) is 4. The van der Waals surface area contributed by atoms with Crippen LogP contribution < -0.4 is 5.32 Å². The highest BCUT2D eigenvalue weighted by Gasteiger charge is 2.27. The van der Waals surface area contributed by atoms with Crippen LogP contribution >= 0.6 is 23.2 Å². The van der Waals surface area contributed by atoms with Gasteiger partial charge in [-0.3, -0.25) is 14.6 Å². The Morgan fingerprint density at radius 3 is 2.59 bits per heavy atom. The molecule has 1 fully saturated rings. The number of aromatic nitrogens is 2. The number of halogens is 2. The summed E-state index contributed by atoms with van der Waals surface area (Å²) in [5, 5.41) is 13.5. The first kappa shape index (κ1) is 17.8. The van der Waals surface area contributed by atoms with Crippen molar-refractivity contribution in [2.75, 3.05) is 5.32 Å². The molecule has 3 aromatic rings. The molecule has 8 heteroatoms. The number of pyridine rings is 1. The van der Waals surface area contributed by atoms with Crippen LogP contribution in [0.15, 0.2) is 36.8 Å². The third kappa shape index (κ3) is 3.38. The molecule has 1 aliphatic carbocycles. The summed E-state index contributed by atoms with van der Waals surface area (Å²) in [6, 6.07) is 4.92. The van der Waals surface area contributed by atoms with Gasteiger partial charge in [-0.2, -0.15) is 0 Å². The van der Waals surface area contributed by atoms with E-state index < -0.39 is 11.7 Å². The van der Waals surface area contributed by atoms with Gasteiger partial charge in [-0.25, -0.2) is 0 Å². The Hall–Kier alpha value is -2.57. The smallest absolute Gasteiger partial charge is 0.296 e. The summed E-state index contributed by atoms with van der Waals surface area (Å²) >= 11 is 12.0. The number of phenolic OH excluding ortho intramolecular Hbond substituents is 1. The van der Waals surface area contributed by atoms with Crippen molar-refractivity contribution >= 4 is 51.5 Å². The zero-order valence-electron chi connectivity index (χ0n) is 14.1. The molecular formula is C19H15Cl2N3O3. The Morgan fingerprint density at radius 2 is 1.93 bits per heavy atom. The fourth-order valence-corrected chi connectivity index (χ4v) is 3.53. The molecule has 2 N–H and O–H groups in total. The summed E-state index contributed by atoms with van der Waals surface area (Å²) < 4.78 is 1.84. The summed E-state index contributed by atoms with van der Waals surface area (Å²) in [6.45, 7) is 0.699. The lowest BCUT2D eigenvalue weighted by Gasteiger charge is -2.07. The molecule has 2 aromatic heterocycles. The van der Waals surface area contributed by atoms with E-state index in [4.69, 9.17) is 23.2 Å². The van der Waals surface area contributed by atoms with Crippen LogP contribution in [0.4, 0.5) is 5.69 Å². The van der Waals surface area contributed by atoms with Gasteiger partial charge >= 0.3 is 0 Å². The number of phenols is 1. The predicted octanol–water partition coefficient (Wildman–Crippen LogP) is 4.28. The van der Waals surface area contributed by atoms with Crippen molar-refractivity contribution in [2.45, 2.75) is 19.4 Å². The molecule has 4 rings (SSSR count). The number of para-hydroxylation sites is 1. The van der Waals surface area contributed by atoms with Crippen LogP contribution in [-0.4, -0.2) is 26.3 Å². The highest BCUT2D eigenvalue weighted by molar-refractivity contribution is 6.50. The number of carbonyl (C=O) groups excluding carboxylic acids is 2. The maximum absolute atomic E-state index is 12.8. The zero-order valence-corrected chi connectivity index (χ0v) is 15.6. The van der Waals surface area contributed by atoms with E-state index in [9.17, 15) is 14.7 Å². The number of nitrogens with one attached hydrogen (secondary N) is 1. The number of fused-ring (bicyclic) bond motifs is 1. The molecule has 2 heterocycles. The van der Waals surface area contributed by atoms with Gasteiger partial charge in [0.2, 0.25) is 0 Å². The first-order valence-electron chi connectivity index (χ1n) is 8.41. The first-order chi connectivity index (χ1) is 13.0. The van der Waals surface area contributed by atoms with Crippen LogP contribution in [-0.2, 0) is 11.3 Å². The molecule has 1 aromatic carbocycles. The highest BCUT2D eigenvalue weighted by atomic mass is 35.5. The van der Waals surface area contributed by atoms with Crippen LogP contribution in [0.25, 0.3) is 10.9 Å². The van der Waals surface area contributed by atoms with Gasteiger partial charge < -0.3 is 15.0 Å². The van der Waals surface area contributed by atoms with Crippen LogP contribution in [0.3, 0.4) is 0 Å². The quantitative estimate of drug-likeness (QED) is 0.491. The van der Waals surface area contributed by atoms with E-state index in [0.29, 0.717) is 23.4 Å². The second-order valence-electron chi connectivity index (χ2n) is 6.57. The van der Waals surface area contributed by atoms with Gasteiger partial charge in [0.15, 0.2) is 0 Å². The average molecular weight is 404 g/mol. The number of hydrogen-bond donors (Lipinski definition) is 2. The number of rotatable bonds is 5. The number of anilines is 1. The van der Waals surface area contributed by atoms with Gasteiger partial charge in [0.25, 0.3) is 11.7 Å². The van der Waals surface area contributed by atoms with E-state index in [0.717, 1.165) is 12.8 Å². The molecule has 0 unspecified atom stereocenters. The number of aromatic hydroxyl groups is 1. The number of carbonyl (C=O) groups is 2. The molecule has 1 amide bonds. The average Bonchev–Trinajstić information content (AvgIpc) is 3.37. The lowest BCUT2D eigenvalue weighted by Crippen LogP contribution is -2.23. The molecule has 0 radical (unpaired) electrons. The Balaban J connectivity index is 1.70. The number of Topliss-reactive ketones (excluding diaryl/α,β-unsaturated/α-hetero) is 1. The largest absolute Gasteiger partial charge is 0.506 e. The minimum Gasteiger partial charge on any atom is -0.506 e. The number of ketones is 1. The Labute approximate surface area is 164 Å². The van der Waals surface area contributed by atoms with Crippen molar-refractivity contribution in [3.63, 3.8) is 0 Å². The number of benzene rings is 1. The van der Waals surface area contributed by atoms with E-state index in [1.54, 1.807) is 24.4 Å². The molecule has 0 atom stereocenters. The van der Waals surface area contributed by atoms with Crippen molar-refractivity contribution in [2.24, 2.45) is 5.92 Å². The van der Waals surface area contributed by atoms with Crippen molar-refractivity contribution in [1.82, 2.24) is 9.55 Å². The van der Waals surface area contributed by atoms with Crippen molar-refractivity contribution in [3.8, 4) is 5.75 Å². The van der Waals surface area contributed by atoms with Crippen LogP contribution in [0.5, 0.6) is 5.75 Å². The SMILES string of the molecule is O=C(Nc1c(Cl)cncc1Cl)C(=O)c1cn(CC2CC2)c2c(O)cccc12. The lowest BCUT2D eigenvalue weighted by molar-refractivity contribution is -0.112. The van der Waals surface area contributed by atoms with Gasteiger partial charge in [-0.15, -0.1) is 0 Å². The second kappa shape index (κ2) is 6.87. The molecular weight excluding hydrogens is 389 g/mol. The lowest BCUT2D eigenvalue weighted by atomic mass is 10.1. The molecule has 0 aliphatic heterocycles. The van der Waals surface area contributed by atoms with Crippen LogP contribution in [0, 0.1) is 5.92 Å². The standard InChI is InChI=1S/C19H15Cl2N3O3/c20-13-6-22-7-14(21)16(13)23-19(27)18(26)12-9-24(8-10-4-5-10)17-11(12)2-1-3-15(17)25/h1-3,6-7,9-10,25H,4-5,8H2,(H,22,23,27). The number of nitrogens with zero attached hydrogens (tertiary/aromatic N) is 2. The topological polar surface area (TPSA) is 84.2 Å². The monoisotopic (exact) mass is 403 g/mol. The summed E-state index contributed by atoms with van der Waals surface area (Å²) in [7, 11) is 0. The van der Waals surface area contributed by atoms with Gasteiger partial charge in [-0.05, 0) is 24.8 Å². The maximum atomic E-state index is 12.8. The van der Waals surface area contributed by atoms with E-state index >= 15 is 0 Å². The normalized spacial score (nSPS) is 13.7. The molecule has 1 saturated carbocycles. The van der Waals surface area contributed by atoms with E-state index in [2.05, 4.69) is 10.3 Å². The minimum atomic E-state index is -0.862. The van der Waals surface area contributed by atoms with Crippen molar-refractivity contribution in [3.05, 3.63) is 52.4 Å². The molecule has 0 spiro atoms. The summed E-state index contributed by atoms with van der Waals surface area (Å²) in [5.74, 6) is -0.984. The molecule has 1 aliphatic rings. The third-order valence-corrected chi connectivity index (χ3v) is 5.14. The molecule has 6 nitrogen and oxygen atoms in total. The van der Waals surface area contributed by atoms with E-state index in [-0.39, 0.29) is 27.0 Å².